The number of rotatable bonds is 5. The van der Waals surface area contributed by atoms with Crippen LogP contribution in [0.3, 0.4) is 0 Å². The minimum Gasteiger partial charge on any atom is -0.283 e. The predicted octanol–water partition coefficient (Wildman–Crippen LogP) is 3.19. The first kappa shape index (κ1) is 18.2. The van der Waals surface area contributed by atoms with E-state index in [9.17, 15) is 9.59 Å². The number of hydrogen-bond acceptors (Lipinski definition) is 5. The van der Waals surface area contributed by atoms with Crippen LogP contribution in [0.2, 0.25) is 0 Å². The van der Waals surface area contributed by atoms with Gasteiger partial charge in [0.1, 0.15) is 5.65 Å². The van der Waals surface area contributed by atoms with Crippen molar-refractivity contribution in [2.75, 3.05) is 0 Å². The Bertz CT molecular complexity index is 1320. The van der Waals surface area contributed by atoms with E-state index in [1.807, 2.05) is 37.3 Å². The van der Waals surface area contributed by atoms with E-state index in [1.165, 1.54) is 22.2 Å². The monoisotopic (exact) mass is 390 g/mol. The van der Waals surface area contributed by atoms with Gasteiger partial charge >= 0.3 is 0 Å². The molecule has 0 N–H and O–H groups in total. The topological polar surface area (TPSA) is 69.3 Å². The summed E-state index contributed by atoms with van der Waals surface area (Å²) in [6.45, 7) is 6.03. The van der Waals surface area contributed by atoms with Gasteiger partial charge in [-0.25, -0.2) is 9.97 Å². The average molecular weight is 390 g/mol. The first-order valence-corrected chi connectivity index (χ1v) is 9.77. The van der Waals surface area contributed by atoms with E-state index in [1.54, 1.807) is 22.9 Å². The SMILES string of the molecule is C=CCn1c(SCc2cc(=O)n3cc(C)ccc3n2)nc2ccccc2c1=O. The molecule has 1 aromatic carbocycles. The maximum atomic E-state index is 12.8. The van der Waals surface area contributed by atoms with Crippen molar-refractivity contribution in [2.24, 2.45) is 0 Å². The molecular weight excluding hydrogens is 372 g/mol. The van der Waals surface area contributed by atoms with Crippen molar-refractivity contribution < 1.29 is 0 Å². The molecule has 4 rings (SSSR count). The fraction of sp³-hybridized carbons (Fsp3) is 0.143. The first-order valence-electron chi connectivity index (χ1n) is 8.79. The summed E-state index contributed by atoms with van der Waals surface area (Å²) in [7, 11) is 0. The van der Waals surface area contributed by atoms with Gasteiger partial charge in [0.2, 0.25) is 0 Å². The van der Waals surface area contributed by atoms with E-state index in [0.29, 0.717) is 39.7 Å². The van der Waals surface area contributed by atoms with Gasteiger partial charge in [-0.2, -0.15) is 0 Å². The molecule has 0 aliphatic carbocycles. The summed E-state index contributed by atoms with van der Waals surface area (Å²) in [6, 6.07) is 12.5. The van der Waals surface area contributed by atoms with Crippen LogP contribution >= 0.6 is 11.8 Å². The molecule has 0 saturated carbocycles. The zero-order valence-corrected chi connectivity index (χ0v) is 16.1. The van der Waals surface area contributed by atoms with Gasteiger partial charge in [-0.1, -0.05) is 36.0 Å². The normalized spacial score (nSPS) is 11.2. The lowest BCUT2D eigenvalue weighted by atomic mass is 10.2. The van der Waals surface area contributed by atoms with Gasteiger partial charge in [-0.3, -0.25) is 18.6 Å². The first-order chi connectivity index (χ1) is 13.6. The van der Waals surface area contributed by atoms with Crippen LogP contribution in [0.25, 0.3) is 16.6 Å². The third-order valence-corrected chi connectivity index (χ3v) is 5.36. The fourth-order valence-electron chi connectivity index (χ4n) is 3.02. The highest BCUT2D eigenvalue weighted by Gasteiger charge is 2.12. The average Bonchev–Trinajstić information content (AvgIpc) is 2.69. The Kier molecular flexibility index (Phi) is 4.83. The van der Waals surface area contributed by atoms with Crippen molar-refractivity contribution in [1.29, 1.82) is 0 Å². The van der Waals surface area contributed by atoms with Crippen LogP contribution in [-0.4, -0.2) is 18.9 Å². The molecule has 4 aromatic rings. The van der Waals surface area contributed by atoms with Crippen LogP contribution in [0.5, 0.6) is 0 Å². The summed E-state index contributed by atoms with van der Waals surface area (Å²) in [6.07, 6.45) is 3.44. The standard InChI is InChI=1S/C21H18N4O2S/c1-3-10-24-20(27)16-6-4-5-7-17(16)23-21(24)28-13-15-11-19(26)25-12-14(2)8-9-18(25)22-15/h3-9,11-12H,1,10,13H2,2H3. The van der Waals surface area contributed by atoms with Gasteiger partial charge in [0.25, 0.3) is 11.1 Å². The van der Waals surface area contributed by atoms with Gasteiger partial charge < -0.3 is 0 Å². The largest absolute Gasteiger partial charge is 0.283 e. The van der Waals surface area contributed by atoms with E-state index in [4.69, 9.17) is 0 Å². The molecule has 7 heteroatoms. The van der Waals surface area contributed by atoms with Gasteiger partial charge in [0.15, 0.2) is 5.16 Å². The van der Waals surface area contributed by atoms with Crippen LogP contribution < -0.4 is 11.1 Å². The van der Waals surface area contributed by atoms with Crippen molar-refractivity contribution in [3.05, 3.63) is 93.3 Å². The maximum Gasteiger partial charge on any atom is 0.262 e. The highest BCUT2D eigenvalue weighted by molar-refractivity contribution is 7.98. The zero-order valence-electron chi connectivity index (χ0n) is 15.3. The molecule has 0 bridgehead atoms. The van der Waals surface area contributed by atoms with Crippen molar-refractivity contribution in [1.82, 2.24) is 18.9 Å². The maximum absolute atomic E-state index is 12.8. The molecule has 0 saturated heterocycles. The minimum atomic E-state index is -0.126. The molecule has 3 aromatic heterocycles. The number of fused-ring (bicyclic) bond motifs is 2. The van der Waals surface area contributed by atoms with E-state index in [0.717, 1.165) is 5.56 Å². The Morgan fingerprint density at radius 1 is 1.14 bits per heavy atom. The van der Waals surface area contributed by atoms with E-state index in [2.05, 4.69) is 16.5 Å². The Balaban J connectivity index is 1.72. The molecule has 28 heavy (non-hydrogen) atoms. The second kappa shape index (κ2) is 7.44. The van der Waals surface area contributed by atoms with E-state index < -0.39 is 0 Å². The number of aromatic nitrogens is 4. The van der Waals surface area contributed by atoms with E-state index in [-0.39, 0.29) is 11.1 Å². The van der Waals surface area contributed by atoms with Crippen LogP contribution in [0.15, 0.2) is 76.1 Å². The highest BCUT2D eigenvalue weighted by Crippen LogP contribution is 2.21. The molecule has 0 aliphatic rings. The Morgan fingerprint density at radius 2 is 1.96 bits per heavy atom. The number of nitrogens with zero attached hydrogens (tertiary/aromatic N) is 4. The van der Waals surface area contributed by atoms with Crippen molar-refractivity contribution in [3.8, 4) is 0 Å². The molecule has 6 nitrogen and oxygen atoms in total. The zero-order chi connectivity index (χ0) is 19.7. The van der Waals surface area contributed by atoms with E-state index >= 15 is 0 Å². The molecule has 3 heterocycles. The third kappa shape index (κ3) is 3.36. The Morgan fingerprint density at radius 3 is 2.79 bits per heavy atom. The van der Waals surface area contributed by atoms with Crippen molar-refractivity contribution >= 4 is 28.3 Å². The molecule has 140 valence electrons. The lowest BCUT2D eigenvalue weighted by Gasteiger charge is -2.11. The van der Waals surface area contributed by atoms with Crippen molar-refractivity contribution in [2.45, 2.75) is 24.4 Å². The molecule has 0 unspecified atom stereocenters. The summed E-state index contributed by atoms with van der Waals surface area (Å²) < 4.78 is 3.13. The summed E-state index contributed by atoms with van der Waals surface area (Å²) in [5.74, 6) is 0.432. The van der Waals surface area contributed by atoms with Crippen LogP contribution in [0.1, 0.15) is 11.3 Å². The van der Waals surface area contributed by atoms with Crippen LogP contribution in [0.4, 0.5) is 0 Å². The van der Waals surface area contributed by atoms with Gasteiger partial charge in [0, 0.05) is 24.6 Å². The smallest absolute Gasteiger partial charge is 0.262 e. The second-order valence-electron chi connectivity index (χ2n) is 6.43. The van der Waals surface area contributed by atoms with Crippen LogP contribution in [0, 0.1) is 6.92 Å². The molecule has 0 spiro atoms. The summed E-state index contributed by atoms with van der Waals surface area (Å²) in [4.78, 5) is 34.4. The molecule has 0 atom stereocenters. The Labute approximate surface area is 165 Å². The number of benzene rings is 1. The number of thioether (sulfide) groups is 1. The van der Waals surface area contributed by atoms with Crippen LogP contribution in [-0.2, 0) is 12.3 Å². The number of allylic oxidation sites excluding steroid dienone is 1. The van der Waals surface area contributed by atoms with Gasteiger partial charge in [-0.05, 0) is 30.7 Å². The fourth-order valence-corrected chi connectivity index (χ4v) is 3.92. The lowest BCUT2D eigenvalue weighted by molar-refractivity contribution is 0.671. The summed E-state index contributed by atoms with van der Waals surface area (Å²) in [5.41, 5.74) is 2.66. The minimum absolute atomic E-state index is 0.102. The van der Waals surface area contributed by atoms with Gasteiger partial charge in [-0.15, -0.1) is 6.58 Å². The number of para-hydroxylation sites is 1. The molecule has 0 fully saturated rings. The number of aryl methyl sites for hydroxylation is 1. The summed E-state index contributed by atoms with van der Waals surface area (Å²) >= 11 is 1.38. The second-order valence-corrected chi connectivity index (χ2v) is 7.37. The molecule has 0 radical (unpaired) electrons. The molecule has 0 amide bonds. The number of pyridine rings is 1. The lowest BCUT2D eigenvalue weighted by Crippen LogP contribution is -2.22. The number of hydrogen-bond donors (Lipinski definition) is 0. The molecule has 0 aliphatic heterocycles. The quantitative estimate of drug-likeness (QED) is 0.297. The third-order valence-electron chi connectivity index (χ3n) is 4.35. The highest BCUT2D eigenvalue weighted by atomic mass is 32.2. The van der Waals surface area contributed by atoms with Crippen molar-refractivity contribution in [3.63, 3.8) is 0 Å². The predicted molar refractivity (Wildman–Crippen MR) is 112 cm³/mol. The summed E-state index contributed by atoms with van der Waals surface area (Å²) in [5, 5.41) is 1.15. The Hall–Kier alpha value is -3.19. The molecular formula is C21H18N4O2S. The van der Waals surface area contributed by atoms with Gasteiger partial charge in [0.05, 0.1) is 16.6 Å².